The van der Waals surface area contributed by atoms with Gasteiger partial charge in [0, 0.05) is 4.47 Å². The second-order valence-corrected chi connectivity index (χ2v) is 6.11. The van der Waals surface area contributed by atoms with Crippen molar-refractivity contribution in [2.45, 2.75) is 18.2 Å². The number of rotatable bonds is 5. The fourth-order valence-electron chi connectivity index (χ4n) is 1.35. The molecule has 0 heterocycles. The lowest BCUT2D eigenvalue weighted by Gasteiger charge is -2.13. The maximum atomic E-state index is 11.4. The molecule has 0 radical (unpaired) electrons. The number of aryl methyl sites for hydroxylation is 1. The zero-order valence-corrected chi connectivity index (χ0v) is 12.0. The van der Waals surface area contributed by atoms with E-state index in [9.17, 15) is 13.2 Å². The third-order valence-electron chi connectivity index (χ3n) is 2.11. The number of halogens is 1. The van der Waals surface area contributed by atoms with Crippen molar-refractivity contribution < 1.29 is 17.9 Å². The van der Waals surface area contributed by atoms with Gasteiger partial charge in [0.1, 0.15) is 10.6 Å². The summed E-state index contributed by atoms with van der Waals surface area (Å²) in [4.78, 5) is 10.5. The van der Waals surface area contributed by atoms with Gasteiger partial charge in [0.05, 0.1) is 13.0 Å². The maximum absolute atomic E-state index is 11.4. The Hall–Kier alpha value is -1.12. The van der Waals surface area contributed by atoms with Gasteiger partial charge in [-0.05, 0) is 24.6 Å². The van der Waals surface area contributed by atoms with Crippen LogP contribution in [0.25, 0.3) is 0 Å². The first-order valence-electron chi connectivity index (χ1n) is 4.96. The molecule has 0 unspecified atom stereocenters. The highest BCUT2D eigenvalue weighted by Crippen LogP contribution is 2.30. The van der Waals surface area contributed by atoms with Crippen LogP contribution in [0.1, 0.15) is 12.0 Å². The van der Waals surface area contributed by atoms with Crippen LogP contribution in [0.3, 0.4) is 0 Å². The Kier molecular flexibility index (Phi) is 4.71. The molecule has 6 nitrogen and oxygen atoms in total. The number of carbonyl (C=O) groups excluding carboxylic acids is 1. The highest BCUT2D eigenvalue weighted by atomic mass is 79.9. The summed E-state index contributed by atoms with van der Waals surface area (Å²) in [7, 11) is -3.90. The molecule has 0 spiro atoms. The lowest BCUT2D eigenvalue weighted by molar-refractivity contribution is -0.118. The molecule has 1 aromatic rings. The molecule has 18 heavy (non-hydrogen) atoms. The van der Waals surface area contributed by atoms with Crippen molar-refractivity contribution >= 4 is 31.9 Å². The van der Waals surface area contributed by atoms with Gasteiger partial charge in [0.25, 0.3) is 0 Å². The van der Waals surface area contributed by atoms with Crippen LogP contribution in [-0.2, 0) is 14.8 Å². The normalized spacial score (nSPS) is 11.3. The fraction of sp³-hybridized carbons (Fsp3) is 0.300. The minimum Gasteiger partial charge on any atom is -0.491 e. The van der Waals surface area contributed by atoms with E-state index in [0.29, 0.717) is 10.0 Å². The van der Waals surface area contributed by atoms with Gasteiger partial charge in [-0.2, -0.15) is 0 Å². The Bertz CT molecular complexity index is 571. The van der Waals surface area contributed by atoms with E-state index in [1.165, 1.54) is 6.07 Å². The molecule has 0 saturated carbocycles. The Morgan fingerprint density at radius 1 is 1.44 bits per heavy atom. The van der Waals surface area contributed by atoms with Crippen LogP contribution in [0.15, 0.2) is 21.5 Å². The van der Waals surface area contributed by atoms with Crippen molar-refractivity contribution in [2.24, 2.45) is 10.9 Å². The van der Waals surface area contributed by atoms with E-state index < -0.39 is 15.9 Å². The number of amides is 1. The molecule has 1 rings (SSSR count). The Morgan fingerprint density at radius 3 is 2.56 bits per heavy atom. The topological polar surface area (TPSA) is 112 Å². The summed E-state index contributed by atoms with van der Waals surface area (Å²) in [5, 5.41) is 5.11. The van der Waals surface area contributed by atoms with Crippen LogP contribution in [0.2, 0.25) is 0 Å². The predicted molar refractivity (Wildman–Crippen MR) is 69.6 cm³/mol. The number of nitrogens with two attached hydrogens (primary N) is 2. The second kappa shape index (κ2) is 5.68. The van der Waals surface area contributed by atoms with Gasteiger partial charge in [-0.15, -0.1) is 0 Å². The number of carbonyl (C=O) groups is 1. The average Bonchev–Trinajstić information content (AvgIpc) is 2.18. The Morgan fingerprint density at radius 2 is 2.06 bits per heavy atom. The van der Waals surface area contributed by atoms with Crippen LogP contribution in [-0.4, -0.2) is 20.9 Å². The van der Waals surface area contributed by atoms with E-state index in [2.05, 4.69) is 15.9 Å². The standard InChI is InChI=1S/C10H13BrN2O4S/c1-6-4-7(11)5-8(18(13,15)16)10(6)17-3-2-9(12)14/h4-5H,2-3H2,1H3,(H2,12,14)(H2,13,15,16). The van der Waals surface area contributed by atoms with E-state index in [0.717, 1.165) is 0 Å². The van der Waals surface area contributed by atoms with E-state index >= 15 is 0 Å². The summed E-state index contributed by atoms with van der Waals surface area (Å²) < 4.78 is 28.7. The largest absolute Gasteiger partial charge is 0.491 e. The minimum absolute atomic E-state index is 0.000323. The van der Waals surface area contributed by atoms with Crippen molar-refractivity contribution in [1.29, 1.82) is 0 Å². The van der Waals surface area contributed by atoms with E-state index in [-0.39, 0.29) is 23.7 Å². The number of ether oxygens (including phenoxy) is 1. The third kappa shape index (κ3) is 3.97. The summed E-state index contributed by atoms with van der Waals surface area (Å²) >= 11 is 3.18. The molecule has 4 N–H and O–H groups in total. The molecule has 0 aromatic heterocycles. The number of hydrogen-bond donors (Lipinski definition) is 2. The summed E-state index contributed by atoms with van der Waals surface area (Å²) in [6.45, 7) is 1.68. The Labute approximate surface area is 113 Å². The number of benzene rings is 1. The first-order valence-corrected chi connectivity index (χ1v) is 7.30. The first-order chi connectivity index (χ1) is 8.21. The molecule has 0 aliphatic heterocycles. The van der Waals surface area contributed by atoms with Crippen molar-refractivity contribution in [2.75, 3.05) is 6.61 Å². The van der Waals surface area contributed by atoms with Gasteiger partial charge >= 0.3 is 0 Å². The van der Waals surface area contributed by atoms with Crippen molar-refractivity contribution in [3.05, 3.63) is 22.2 Å². The van der Waals surface area contributed by atoms with Gasteiger partial charge in [0.15, 0.2) is 0 Å². The van der Waals surface area contributed by atoms with E-state index in [1.807, 2.05) is 0 Å². The SMILES string of the molecule is Cc1cc(Br)cc(S(N)(=O)=O)c1OCCC(N)=O. The van der Waals surface area contributed by atoms with Gasteiger partial charge < -0.3 is 10.5 Å². The van der Waals surface area contributed by atoms with Gasteiger partial charge in [0.2, 0.25) is 15.9 Å². The highest BCUT2D eigenvalue weighted by Gasteiger charge is 2.18. The third-order valence-corrected chi connectivity index (χ3v) is 3.48. The molecule has 0 bridgehead atoms. The van der Waals surface area contributed by atoms with Crippen LogP contribution >= 0.6 is 15.9 Å². The fourth-order valence-corrected chi connectivity index (χ4v) is 2.84. The quantitative estimate of drug-likeness (QED) is 0.822. The molecule has 0 aliphatic carbocycles. The molecule has 1 aromatic carbocycles. The number of primary sulfonamides is 1. The van der Waals surface area contributed by atoms with E-state index in [4.69, 9.17) is 15.6 Å². The summed E-state index contributed by atoms with van der Waals surface area (Å²) in [5.74, 6) is -0.385. The Balaban J connectivity index is 3.13. The zero-order valence-electron chi connectivity index (χ0n) is 9.64. The lowest BCUT2D eigenvalue weighted by Crippen LogP contribution is -2.17. The molecular formula is C10H13BrN2O4S. The summed E-state index contributed by atoms with van der Waals surface area (Å²) in [5.41, 5.74) is 5.57. The number of hydrogen-bond acceptors (Lipinski definition) is 4. The molecule has 0 atom stereocenters. The van der Waals surface area contributed by atoms with E-state index in [1.54, 1.807) is 13.0 Å². The van der Waals surface area contributed by atoms with Crippen LogP contribution in [0, 0.1) is 6.92 Å². The second-order valence-electron chi connectivity index (χ2n) is 3.66. The monoisotopic (exact) mass is 336 g/mol. The highest BCUT2D eigenvalue weighted by molar-refractivity contribution is 9.10. The summed E-state index contributed by atoms with van der Waals surface area (Å²) in [6.07, 6.45) is -0.000434. The lowest BCUT2D eigenvalue weighted by atomic mass is 10.2. The smallest absolute Gasteiger partial charge is 0.241 e. The molecule has 0 aliphatic rings. The predicted octanol–water partition coefficient (Wildman–Crippen LogP) is 0.659. The molecular weight excluding hydrogens is 324 g/mol. The van der Waals surface area contributed by atoms with Crippen LogP contribution in [0.4, 0.5) is 0 Å². The van der Waals surface area contributed by atoms with Crippen molar-refractivity contribution in [1.82, 2.24) is 0 Å². The van der Waals surface area contributed by atoms with Crippen LogP contribution < -0.4 is 15.6 Å². The molecule has 8 heteroatoms. The van der Waals surface area contributed by atoms with Gasteiger partial charge in [-0.3, -0.25) is 4.79 Å². The molecule has 100 valence electrons. The molecule has 0 saturated heterocycles. The number of sulfonamides is 1. The molecule has 1 amide bonds. The average molecular weight is 337 g/mol. The van der Waals surface area contributed by atoms with Crippen molar-refractivity contribution in [3.8, 4) is 5.75 Å². The van der Waals surface area contributed by atoms with Crippen molar-refractivity contribution in [3.63, 3.8) is 0 Å². The van der Waals surface area contributed by atoms with Gasteiger partial charge in [-0.25, -0.2) is 13.6 Å². The summed E-state index contributed by atoms with van der Waals surface area (Å²) in [6, 6.07) is 3.04. The van der Waals surface area contributed by atoms with Gasteiger partial charge in [-0.1, -0.05) is 15.9 Å². The van der Waals surface area contributed by atoms with Crippen LogP contribution in [0.5, 0.6) is 5.75 Å². The number of primary amides is 1. The first kappa shape index (κ1) is 14.9. The molecule has 0 fully saturated rings. The maximum Gasteiger partial charge on any atom is 0.241 e. The zero-order chi connectivity index (χ0) is 13.9. The minimum atomic E-state index is -3.90.